The van der Waals surface area contributed by atoms with E-state index in [4.69, 9.17) is 4.74 Å². The monoisotopic (exact) mass is 325 g/mol. The number of para-hydroxylation sites is 1. The van der Waals surface area contributed by atoms with E-state index in [9.17, 15) is 18.0 Å². The van der Waals surface area contributed by atoms with Gasteiger partial charge in [-0.1, -0.05) is 18.2 Å². The van der Waals surface area contributed by atoms with Gasteiger partial charge < -0.3 is 10.1 Å². The number of carbonyl (C=O) groups excluding carboxylic acids is 1. The van der Waals surface area contributed by atoms with Crippen LogP contribution in [0.25, 0.3) is 0 Å². The molecule has 1 aromatic heterocycles. The van der Waals surface area contributed by atoms with Crippen LogP contribution in [0.15, 0.2) is 36.5 Å². The van der Waals surface area contributed by atoms with Gasteiger partial charge in [-0.15, -0.1) is 0 Å². The first-order chi connectivity index (χ1) is 10.9. The zero-order valence-electron chi connectivity index (χ0n) is 12.0. The van der Waals surface area contributed by atoms with E-state index in [0.717, 1.165) is 22.5 Å². The van der Waals surface area contributed by atoms with Crippen LogP contribution in [0.5, 0.6) is 5.75 Å². The number of ether oxygens (including phenoxy) is 1. The number of hydrogen-bond acceptors (Lipinski definition) is 3. The van der Waals surface area contributed by atoms with Gasteiger partial charge >= 0.3 is 6.18 Å². The standard InChI is InChI=1S/C15H14F3N3O2/c16-15(17,18)13-5-7-21(20-13)9-14(22)19-11-6-8-23-12-4-2-1-3-10(11)12/h1-5,7,11H,6,8-9H2,(H,19,22)/t11-/m0/s1. The van der Waals surface area contributed by atoms with E-state index < -0.39 is 17.8 Å². The lowest BCUT2D eigenvalue weighted by atomic mass is 10.0. The largest absolute Gasteiger partial charge is 0.493 e. The van der Waals surface area contributed by atoms with Gasteiger partial charge in [0.2, 0.25) is 5.91 Å². The van der Waals surface area contributed by atoms with E-state index in [2.05, 4.69) is 10.4 Å². The summed E-state index contributed by atoms with van der Waals surface area (Å²) < 4.78 is 43.9. The molecule has 0 aliphatic carbocycles. The summed E-state index contributed by atoms with van der Waals surface area (Å²) in [6.07, 6.45) is -2.77. The van der Waals surface area contributed by atoms with Crippen LogP contribution in [-0.2, 0) is 17.5 Å². The molecule has 0 fully saturated rings. The third-order valence-corrected chi connectivity index (χ3v) is 3.53. The van der Waals surface area contributed by atoms with Crippen molar-refractivity contribution in [3.8, 4) is 5.75 Å². The maximum atomic E-state index is 12.5. The van der Waals surface area contributed by atoms with E-state index in [-0.39, 0.29) is 12.6 Å². The summed E-state index contributed by atoms with van der Waals surface area (Å²) >= 11 is 0. The van der Waals surface area contributed by atoms with Crippen molar-refractivity contribution in [1.82, 2.24) is 15.1 Å². The summed E-state index contributed by atoms with van der Waals surface area (Å²) in [5.41, 5.74) is -0.148. The minimum Gasteiger partial charge on any atom is -0.493 e. The number of halogens is 3. The average Bonchev–Trinajstić information content (AvgIpc) is 2.96. The molecule has 0 bridgehead atoms. The quantitative estimate of drug-likeness (QED) is 0.943. The summed E-state index contributed by atoms with van der Waals surface area (Å²) in [6.45, 7) is 0.206. The van der Waals surface area contributed by atoms with Crippen molar-refractivity contribution in [2.75, 3.05) is 6.61 Å². The Balaban J connectivity index is 1.65. The van der Waals surface area contributed by atoms with Gasteiger partial charge in [-0.3, -0.25) is 9.48 Å². The van der Waals surface area contributed by atoms with Crippen molar-refractivity contribution >= 4 is 5.91 Å². The minimum atomic E-state index is -4.51. The Labute approximate surface area is 130 Å². The topological polar surface area (TPSA) is 56.2 Å². The van der Waals surface area contributed by atoms with Crippen LogP contribution in [0, 0.1) is 0 Å². The van der Waals surface area contributed by atoms with Gasteiger partial charge in [-0.2, -0.15) is 18.3 Å². The molecule has 2 heterocycles. The normalized spacial score (nSPS) is 17.3. The summed E-state index contributed by atoms with van der Waals surface area (Å²) in [4.78, 5) is 12.1. The molecule has 2 aromatic rings. The molecule has 0 saturated heterocycles. The fourth-order valence-corrected chi connectivity index (χ4v) is 2.48. The average molecular weight is 325 g/mol. The van der Waals surface area contributed by atoms with Crippen molar-refractivity contribution in [3.63, 3.8) is 0 Å². The first-order valence-corrected chi connectivity index (χ1v) is 7.05. The highest BCUT2D eigenvalue weighted by atomic mass is 19.4. The first-order valence-electron chi connectivity index (χ1n) is 7.05. The lowest BCUT2D eigenvalue weighted by Gasteiger charge is -2.26. The van der Waals surface area contributed by atoms with E-state index >= 15 is 0 Å². The lowest BCUT2D eigenvalue weighted by Crippen LogP contribution is -2.34. The summed E-state index contributed by atoms with van der Waals surface area (Å²) in [5, 5.41) is 6.18. The molecule has 1 aliphatic rings. The van der Waals surface area contributed by atoms with E-state index in [1.54, 1.807) is 0 Å². The fraction of sp³-hybridized carbons (Fsp3) is 0.333. The van der Waals surface area contributed by atoms with Crippen molar-refractivity contribution in [2.24, 2.45) is 0 Å². The van der Waals surface area contributed by atoms with Gasteiger partial charge in [0.25, 0.3) is 0 Å². The zero-order chi connectivity index (χ0) is 16.4. The minimum absolute atomic E-state index is 0.218. The van der Waals surface area contributed by atoms with Gasteiger partial charge in [0.1, 0.15) is 12.3 Å². The number of fused-ring (bicyclic) bond motifs is 1. The second-order valence-electron chi connectivity index (χ2n) is 5.19. The summed E-state index contributed by atoms with van der Waals surface area (Å²) in [7, 11) is 0. The Kier molecular flexibility index (Phi) is 3.97. The lowest BCUT2D eigenvalue weighted by molar-refractivity contribution is -0.141. The molecule has 23 heavy (non-hydrogen) atoms. The molecule has 1 N–H and O–H groups in total. The third kappa shape index (κ3) is 3.46. The number of alkyl halides is 3. The molecule has 0 saturated carbocycles. The van der Waals surface area contributed by atoms with Crippen molar-refractivity contribution in [3.05, 3.63) is 47.8 Å². The van der Waals surface area contributed by atoms with Crippen LogP contribution in [0.3, 0.4) is 0 Å². The number of nitrogens with one attached hydrogen (secondary N) is 1. The van der Waals surface area contributed by atoms with Crippen LogP contribution in [0.1, 0.15) is 23.7 Å². The predicted octanol–water partition coefficient (Wildman–Crippen LogP) is 2.54. The van der Waals surface area contributed by atoms with Gasteiger partial charge in [-0.05, 0) is 12.1 Å². The molecule has 1 atom stereocenters. The number of amides is 1. The molecule has 1 amide bonds. The van der Waals surface area contributed by atoms with Gasteiger partial charge in [0.15, 0.2) is 5.69 Å². The third-order valence-electron chi connectivity index (χ3n) is 3.53. The molecule has 122 valence electrons. The highest BCUT2D eigenvalue weighted by Crippen LogP contribution is 2.31. The van der Waals surface area contributed by atoms with E-state index in [0.29, 0.717) is 18.8 Å². The van der Waals surface area contributed by atoms with E-state index in [1.807, 2.05) is 24.3 Å². The maximum absolute atomic E-state index is 12.5. The van der Waals surface area contributed by atoms with Crippen LogP contribution in [0.2, 0.25) is 0 Å². The second kappa shape index (κ2) is 5.94. The van der Waals surface area contributed by atoms with Gasteiger partial charge in [-0.25, -0.2) is 0 Å². The van der Waals surface area contributed by atoms with Crippen molar-refractivity contribution in [2.45, 2.75) is 25.2 Å². The maximum Gasteiger partial charge on any atom is 0.435 e. The first kappa shape index (κ1) is 15.4. The fourth-order valence-electron chi connectivity index (χ4n) is 2.48. The molecule has 3 rings (SSSR count). The Hall–Kier alpha value is -2.51. The Morgan fingerprint density at radius 1 is 1.35 bits per heavy atom. The SMILES string of the molecule is O=C(Cn1ccc(C(F)(F)F)n1)N[C@H]1CCOc2ccccc21. The van der Waals surface area contributed by atoms with Crippen molar-refractivity contribution < 1.29 is 22.7 Å². The highest BCUT2D eigenvalue weighted by Gasteiger charge is 2.33. The van der Waals surface area contributed by atoms with Crippen LogP contribution in [0.4, 0.5) is 13.2 Å². The van der Waals surface area contributed by atoms with Crippen LogP contribution in [-0.4, -0.2) is 22.3 Å². The number of nitrogens with zero attached hydrogens (tertiary/aromatic N) is 2. The van der Waals surface area contributed by atoms with Crippen LogP contribution < -0.4 is 10.1 Å². The number of hydrogen-bond donors (Lipinski definition) is 1. The second-order valence-corrected chi connectivity index (χ2v) is 5.19. The summed E-state index contributed by atoms with van der Waals surface area (Å²) in [5.74, 6) is 0.311. The van der Waals surface area contributed by atoms with Gasteiger partial charge in [0.05, 0.1) is 12.6 Å². The van der Waals surface area contributed by atoms with Gasteiger partial charge in [0, 0.05) is 18.2 Å². The number of carbonyl (C=O) groups is 1. The molecule has 1 aliphatic heterocycles. The molecule has 1 aromatic carbocycles. The molecular weight excluding hydrogens is 311 g/mol. The number of rotatable bonds is 3. The van der Waals surface area contributed by atoms with E-state index in [1.165, 1.54) is 0 Å². The molecule has 5 nitrogen and oxygen atoms in total. The zero-order valence-corrected chi connectivity index (χ0v) is 12.0. The highest BCUT2D eigenvalue weighted by molar-refractivity contribution is 5.76. The molecule has 0 spiro atoms. The van der Waals surface area contributed by atoms with Crippen molar-refractivity contribution in [1.29, 1.82) is 0 Å². The Morgan fingerprint density at radius 2 is 2.13 bits per heavy atom. The molecule has 0 unspecified atom stereocenters. The molecule has 0 radical (unpaired) electrons. The molecule has 8 heteroatoms. The summed E-state index contributed by atoms with van der Waals surface area (Å²) in [6, 6.07) is 7.98. The molecular formula is C15H14F3N3O2. The number of benzene rings is 1. The Morgan fingerprint density at radius 3 is 2.87 bits per heavy atom. The van der Waals surface area contributed by atoms with Crippen LogP contribution >= 0.6 is 0 Å². The smallest absolute Gasteiger partial charge is 0.435 e. The predicted molar refractivity (Wildman–Crippen MR) is 74.7 cm³/mol. The number of aromatic nitrogens is 2. The Bertz CT molecular complexity index is 712.